The van der Waals surface area contributed by atoms with E-state index in [1.807, 2.05) is 11.0 Å². The maximum atomic E-state index is 12.0. The predicted molar refractivity (Wildman–Crippen MR) is 81.1 cm³/mol. The Morgan fingerprint density at radius 1 is 1.35 bits per heavy atom. The van der Waals surface area contributed by atoms with Crippen LogP contribution < -0.4 is 15.4 Å². The van der Waals surface area contributed by atoms with Gasteiger partial charge in [-0.15, -0.1) is 0 Å². The van der Waals surface area contributed by atoms with Crippen LogP contribution in [-0.2, 0) is 11.2 Å². The van der Waals surface area contributed by atoms with Crippen molar-refractivity contribution in [1.82, 2.24) is 0 Å². The molecule has 110 valence electrons. The zero-order chi connectivity index (χ0) is 14.5. The Hall–Kier alpha value is -1.55. The smallest absolute Gasteiger partial charge is 0.265 e. The van der Waals surface area contributed by atoms with E-state index in [0.717, 1.165) is 43.8 Å². The summed E-state index contributed by atoms with van der Waals surface area (Å²) in [5.41, 5.74) is 7.68. The molecule has 0 saturated heterocycles. The van der Waals surface area contributed by atoms with Crippen molar-refractivity contribution < 1.29 is 9.53 Å². The second kappa shape index (κ2) is 6.75. The molecule has 4 heteroatoms. The lowest BCUT2D eigenvalue weighted by Gasteiger charge is -2.31. The fraction of sp³-hybridized carbons (Fsp3) is 0.562. The molecule has 1 aliphatic heterocycles. The number of hydrogen-bond acceptors (Lipinski definition) is 3. The van der Waals surface area contributed by atoms with Crippen LogP contribution in [0.4, 0.5) is 5.69 Å². The van der Waals surface area contributed by atoms with Crippen molar-refractivity contribution in [1.29, 1.82) is 0 Å². The average Bonchev–Trinajstić information content (AvgIpc) is 2.42. The van der Waals surface area contributed by atoms with E-state index in [-0.39, 0.29) is 12.5 Å². The Kier molecular flexibility index (Phi) is 5.01. The quantitative estimate of drug-likeness (QED) is 0.811. The molecule has 4 nitrogen and oxygen atoms in total. The summed E-state index contributed by atoms with van der Waals surface area (Å²) in [5, 5.41) is 0. The number of amides is 1. The third-order valence-electron chi connectivity index (χ3n) is 3.43. The summed E-state index contributed by atoms with van der Waals surface area (Å²) >= 11 is 0. The van der Waals surface area contributed by atoms with Crippen molar-refractivity contribution in [3.05, 3.63) is 23.8 Å². The summed E-state index contributed by atoms with van der Waals surface area (Å²) in [6.07, 6.45) is 3.10. The third kappa shape index (κ3) is 3.51. The van der Waals surface area contributed by atoms with Crippen LogP contribution in [0.1, 0.15) is 32.3 Å². The fourth-order valence-corrected chi connectivity index (χ4v) is 2.44. The van der Waals surface area contributed by atoms with Gasteiger partial charge in [-0.3, -0.25) is 4.79 Å². The highest BCUT2D eigenvalue weighted by Gasteiger charge is 2.26. The third-order valence-corrected chi connectivity index (χ3v) is 3.43. The average molecular weight is 276 g/mol. The Bertz CT molecular complexity index is 472. The molecule has 1 amide bonds. The van der Waals surface area contributed by atoms with E-state index in [1.165, 1.54) is 5.56 Å². The van der Waals surface area contributed by atoms with Crippen LogP contribution in [0, 0.1) is 5.92 Å². The van der Waals surface area contributed by atoms with Crippen LogP contribution in [0.2, 0.25) is 0 Å². The highest BCUT2D eigenvalue weighted by atomic mass is 16.5. The molecule has 1 aromatic rings. The van der Waals surface area contributed by atoms with Gasteiger partial charge in [0.15, 0.2) is 6.61 Å². The minimum atomic E-state index is 0.0466. The summed E-state index contributed by atoms with van der Waals surface area (Å²) < 4.78 is 5.52. The fourth-order valence-electron chi connectivity index (χ4n) is 2.44. The number of rotatable bonds is 6. The predicted octanol–water partition coefficient (Wildman–Crippen LogP) is 2.35. The number of unbranched alkanes of at least 4 members (excludes halogenated alkanes) is 1. The molecule has 20 heavy (non-hydrogen) atoms. The summed E-state index contributed by atoms with van der Waals surface area (Å²) in [4.78, 5) is 13.9. The molecule has 0 aliphatic carbocycles. The Morgan fingerprint density at radius 2 is 2.15 bits per heavy atom. The largest absolute Gasteiger partial charge is 0.482 e. The van der Waals surface area contributed by atoms with E-state index in [9.17, 15) is 4.79 Å². The number of nitrogens with zero attached hydrogens (tertiary/aromatic N) is 1. The summed E-state index contributed by atoms with van der Waals surface area (Å²) in [6, 6.07) is 6.15. The molecule has 0 bridgehead atoms. The number of nitrogens with two attached hydrogens (primary N) is 1. The zero-order valence-corrected chi connectivity index (χ0v) is 12.4. The van der Waals surface area contributed by atoms with Crippen molar-refractivity contribution in [2.24, 2.45) is 11.7 Å². The van der Waals surface area contributed by atoms with Gasteiger partial charge in [-0.1, -0.05) is 19.9 Å². The van der Waals surface area contributed by atoms with Gasteiger partial charge in [-0.05, 0) is 49.4 Å². The first-order valence-corrected chi connectivity index (χ1v) is 7.38. The second-order valence-corrected chi connectivity index (χ2v) is 5.73. The molecule has 2 N–H and O–H groups in total. The molecule has 0 unspecified atom stereocenters. The molecular formula is C16H24N2O2. The summed E-state index contributed by atoms with van der Waals surface area (Å²) in [6.45, 7) is 5.85. The highest BCUT2D eigenvalue weighted by molar-refractivity contribution is 5.97. The van der Waals surface area contributed by atoms with Gasteiger partial charge in [-0.25, -0.2) is 0 Å². The lowest BCUT2D eigenvalue weighted by molar-refractivity contribution is -0.121. The van der Waals surface area contributed by atoms with Crippen molar-refractivity contribution in [3.8, 4) is 5.75 Å². The van der Waals surface area contributed by atoms with Crippen molar-refractivity contribution in [2.45, 2.75) is 33.1 Å². The molecule has 0 aromatic heterocycles. The summed E-state index contributed by atoms with van der Waals surface area (Å²) in [7, 11) is 0. The molecule has 1 heterocycles. The van der Waals surface area contributed by atoms with Crippen molar-refractivity contribution in [2.75, 3.05) is 24.6 Å². The number of hydrogen-bond donors (Lipinski definition) is 1. The first-order valence-electron chi connectivity index (χ1n) is 7.38. The molecule has 0 saturated carbocycles. The molecular weight excluding hydrogens is 252 g/mol. The number of fused-ring (bicyclic) bond motifs is 1. The lowest BCUT2D eigenvalue weighted by Crippen LogP contribution is -2.41. The number of ether oxygens (including phenoxy) is 1. The van der Waals surface area contributed by atoms with Crippen LogP contribution >= 0.6 is 0 Å². The first-order chi connectivity index (χ1) is 9.61. The lowest BCUT2D eigenvalue weighted by atomic mass is 10.0. The molecule has 2 rings (SSSR count). The molecule has 1 aliphatic rings. The van der Waals surface area contributed by atoms with Crippen LogP contribution in [0.3, 0.4) is 0 Å². The van der Waals surface area contributed by atoms with E-state index in [2.05, 4.69) is 26.0 Å². The van der Waals surface area contributed by atoms with E-state index in [1.54, 1.807) is 0 Å². The van der Waals surface area contributed by atoms with Gasteiger partial charge in [0.2, 0.25) is 0 Å². The van der Waals surface area contributed by atoms with Gasteiger partial charge < -0.3 is 15.4 Å². The Morgan fingerprint density at radius 3 is 2.85 bits per heavy atom. The van der Waals surface area contributed by atoms with E-state index >= 15 is 0 Å². The number of anilines is 1. The van der Waals surface area contributed by atoms with E-state index in [4.69, 9.17) is 10.5 Å². The minimum absolute atomic E-state index is 0.0466. The van der Waals surface area contributed by atoms with Gasteiger partial charge in [0.1, 0.15) is 5.75 Å². The van der Waals surface area contributed by atoms with E-state index < -0.39 is 0 Å². The maximum Gasteiger partial charge on any atom is 0.265 e. The maximum absolute atomic E-state index is 12.0. The zero-order valence-electron chi connectivity index (χ0n) is 12.4. The normalized spacial score (nSPS) is 14.4. The van der Waals surface area contributed by atoms with Crippen LogP contribution in [0.5, 0.6) is 5.75 Å². The topological polar surface area (TPSA) is 55.6 Å². The second-order valence-electron chi connectivity index (χ2n) is 5.73. The van der Waals surface area contributed by atoms with Gasteiger partial charge in [-0.2, -0.15) is 0 Å². The van der Waals surface area contributed by atoms with Gasteiger partial charge in [0.25, 0.3) is 5.91 Å². The van der Waals surface area contributed by atoms with Crippen molar-refractivity contribution >= 4 is 11.6 Å². The number of carbonyl (C=O) groups excluding carboxylic acids is 1. The van der Waals surface area contributed by atoms with Gasteiger partial charge >= 0.3 is 0 Å². The van der Waals surface area contributed by atoms with Gasteiger partial charge in [0, 0.05) is 6.54 Å². The standard InChI is InChI=1S/C16H24N2O2/c1-12(2)10-18-14-9-13(5-3-4-8-17)6-7-15(14)20-11-16(18)19/h6-7,9,12H,3-5,8,10-11,17H2,1-2H3. The highest BCUT2D eigenvalue weighted by Crippen LogP contribution is 2.33. The first kappa shape index (κ1) is 14.9. The number of carbonyl (C=O) groups is 1. The molecule has 0 spiro atoms. The van der Waals surface area contributed by atoms with Crippen molar-refractivity contribution in [3.63, 3.8) is 0 Å². The molecule has 0 radical (unpaired) electrons. The van der Waals surface area contributed by atoms with Crippen LogP contribution in [0.15, 0.2) is 18.2 Å². The summed E-state index contributed by atoms with van der Waals surface area (Å²) in [5.74, 6) is 1.30. The number of benzene rings is 1. The Balaban J connectivity index is 2.19. The molecule has 0 fully saturated rings. The SMILES string of the molecule is CC(C)CN1C(=O)COc2ccc(CCCCN)cc21. The van der Waals surface area contributed by atoms with Crippen LogP contribution in [-0.4, -0.2) is 25.6 Å². The Labute approximate surface area is 120 Å². The van der Waals surface area contributed by atoms with Crippen LogP contribution in [0.25, 0.3) is 0 Å². The monoisotopic (exact) mass is 276 g/mol. The van der Waals surface area contributed by atoms with E-state index in [0.29, 0.717) is 5.92 Å². The number of aryl methyl sites for hydroxylation is 1. The molecule has 0 atom stereocenters. The molecule has 1 aromatic carbocycles. The minimum Gasteiger partial charge on any atom is -0.482 e. The van der Waals surface area contributed by atoms with Gasteiger partial charge in [0.05, 0.1) is 5.69 Å².